The molecule has 2 rings (SSSR count). The summed E-state index contributed by atoms with van der Waals surface area (Å²) in [7, 11) is 0. The Balaban J connectivity index is 2.14. The highest BCUT2D eigenvalue weighted by Gasteiger charge is 2.18. The molecule has 0 aromatic heterocycles. The summed E-state index contributed by atoms with van der Waals surface area (Å²) in [5, 5.41) is 0. The van der Waals surface area contributed by atoms with E-state index >= 15 is 0 Å². The molecule has 1 aromatic carbocycles. The Hall–Kier alpha value is -1.02. The molecule has 0 aliphatic carbocycles. The van der Waals surface area contributed by atoms with Crippen molar-refractivity contribution in [3.8, 4) is 5.75 Å². The van der Waals surface area contributed by atoms with Gasteiger partial charge in [0.2, 0.25) is 0 Å². The van der Waals surface area contributed by atoms with Crippen LogP contribution in [-0.4, -0.2) is 19.3 Å². The van der Waals surface area contributed by atoms with Crippen LogP contribution in [-0.2, 0) is 4.74 Å². The summed E-state index contributed by atoms with van der Waals surface area (Å²) in [6.45, 7) is 8.05. The van der Waals surface area contributed by atoms with Gasteiger partial charge in [-0.25, -0.2) is 0 Å². The van der Waals surface area contributed by atoms with E-state index in [4.69, 9.17) is 9.47 Å². The zero-order valence-electron chi connectivity index (χ0n) is 10.3. The van der Waals surface area contributed by atoms with Crippen LogP contribution in [0, 0.1) is 6.92 Å². The molecule has 2 heteroatoms. The molecule has 1 fully saturated rings. The number of hydrogen-bond acceptors (Lipinski definition) is 2. The summed E-state index contributed by atoms with van der Waals surface area (Å²) in [4.78, 5) is 0. The Labute approximate surface area is 97.6 Å². The van der Waals surface area contributed by atoms with E-state index in [1.54, 1.807) is 0 Å². The van der Waals surface area contributed by atoms with Crippen molar-refractivity contribution in [2.45, 2.75) is 39.2 Å². The molecule has 88 valence electrons. The third-order valence-electron chi connectivity index (χ3n) is 3.06. The van der Waals surface area contributed by atoms with E-state index in [-0.39, 0.29) is 6.10 Å². The summed E-state index contributed by atoms with van der Waals surface area (Å²) in [6, 6.07) is 6.48. The van der Waals surface area contributed by atoms with E-state index in [2.05, 4.69) is 39.0 Å². The third kappa shape index (κ3) is 2.56. The van der Waals surface area contributed by atoms with Crippen LogP contribution in [0.2, 0.25) is 0 Å². The fraction of sp³-hybridized carbons (Fsp3) is 0.571. The Morgan fingerprint density at radius 3 is 2.81 bits per heavy atom. The van der Waals surface area contributed by atoms with E-state index in [1.165, 1.54) is 11.1 Å². The van der Waals surface area contributed by atoms with Gasteiger partial charge >= 0.3 is 0 Å². The quantitative estimate of drug-likeness (QED) is 0.778. The lowest BCUT2D eigenvalue weighted by Gasteiger charge is -2.16. The molecular formula is C14H20O2. The van der Waals surface area contributed by atoms with Gasteiger partial charge < -0.3 is 9.47 Å². The second kappa shape index (κ2) is 4.88. The predicted octanol–water partition coefficient (Wildman–Crippen LogP) is 3.29. The summed E-state index contributed by atoms with van der Waals surface area (Å²) in [5.74, 6) is 1.56. The molecule has 0 radical (unpaired) electrons. The zero-order valence-corrected chi connectivity index (χ0v) is 10.3. The van der Waals surface area contributed by atoms with Crippen molar-refractivity contribution in [2.75, 3.05) is 13.2 Å². The van der Waals surface area contributed by atoms with Crippen molar-refractivity contribution in [1.29, 1.82) is 0 Å². The summed E-state index contributed by atoms with van der Waals surface area (Å²) >= 11 is 0. The molecule has 1 atom stereocenters. The van der Waals surface area contributed by atoms with Crippen molar-refractivity contribution in [3.05, 3.63) is 29.3 Å². The van der Waals surface area contributed by atoms with Gasteiger partial charge in [0.15, 0.2) is 0 Å². The van der Waals surface area contributed by atoms with Crippen molar-refractivity contribution < 1.29 is 9.47 Å². The first-order valence-electron chi connectivity index (χ1n) is 6.02. The molecule has 1 saturated heterocycles. The minimum atomic E-state index is 0.237. The zero-order chi connectivity index (χ0) is 11.5. The van der Waals surface area contributed by atoms with Crippen LogP contribution in [0.15, 0.2) is 18.2 Å². The molecule has 0 N–H and O–H groups in total. The topological polar surface area (TPSA) is 18.5 Å². The number of ether oxygens (including phenoxy) is 2. The molecule has 16 heavy (non-hydrogen) atoms. The maximum atomic E-state index is 5.97. The maximum absolute atomic E-state index is 5.97. The van der Waals surface area contributed by atoms with Crippen LogP contribution in [0.4, 0.5) is 0 Å². The molecule has 2 nitrogen and oxygen atoms in total. The Kier molecular flexibility index (Phi) is 3.49. The number of aryl methyl sites for hydroxylation is 1. The minimum Gasteiger partial charge on any atom is -0.488 e. The molecule has 1 heterocycles. The lowest BCUT2D eigenvalue weighted by atomic mass is 10.0. The van der Waals surface area contributed by atoms with Crippen LogP contribution in [0.3, 0.4) is 0 Å². The van der Waals surface area contributed by atoms with Crippen LogP contribution in [0.5, 0.6) is 5.75 Å². The van der Waals surface area contributed by atoms with Gasteiger partial charge in [-0.15, -0.1) is 0 Å². The van der Waals surface area contributed by atoms with Crippen LogP contribution in [0.1, 0.15) is 37.3 Å². The normalized spacial score (nSPS) is 20.4. The Morgan fingerprint density at radius 2 is 2.19 bits per heavy atom. The van der Waals surface area contributed by atoms with Crippen molar-refractivity contribution >= 4 is 0 Å². The van der Waals surface area contributed by atoms with Gasteiger partial charge in [-0.05, 0) is 30.0 Å². The fourth-order valence-corrected chi connectivity index (χ4v) is 1.89. The van der Waals surface area contributed by atoms with E-state index in [9.17, 15) is 0 Å². The molecule has 0 spiro atoms. The van der Waals surface area contributed by atoms with Gasteiger partial charge in [0.05, 0.1) is 13.2 Å². The highest BCUT2D eigenvalue weighted by atomic mass is 16.5. The van der Waals surface area contributed by atoms with E-state index in [1.807, 2.05) is 0 Å². The van der Waals surface area contributed by atoms with E-state index < -0.39 is 0 Å². The van der Waals surface area contributed by atoms with Gasteiger partial charge in [-0.3, -0.25) is 0 Å². The van der Waals surface area contributed by atoms with Gasteiger partial charge in [-0.1, -0.05) is 26.0 Å². The Morgan fingerprint density at radius 1 is 1.38 bits per heavy atom. The van der Waals surface area contributed by atoms with Crippen molar-refractivity contribution in [3.63, 3.8) is 0 Å². The molecular weight excluding hydrogens is 200 g/mol. The number of rotatable bonds is 3. The SMILES string of the molecule is Cc1ccc(C(C)C)cc1OC1CCOC1. The first kappa shape index (κ1) is 11.5. The monoisotopic (exact) mass is 220 g/mol. The lowest BCUT2D eigenvalue weighted by molar-refractivity contribution is 0.141. The molecule has 1 aliphatic heterocycles. The van der Waals surface area contributed by atoms with Crippen LogP contribution >= 0.6 is 0 Å². The third-order valence-corrected chi connectivity index (χ3v) is 3.06. The molecule has 1 aromatic rings. The van der Waals surface area contributed by atoms with Gasteiger partial charge in [0.25, 0.3) is 0 Å². The summed E-state index contributed by atoms with van der Waals surface area (Å²) in [6.07, 6.45) is 1.24. The number of benzene rings is 1. The largest absolute Gasteiger partial charge is 0.488 e. The predicted molar refractivity (Wildman–Crippen MR) is 65.1 cm³/mol. The highest BCUT2D eigenvalue weighted by Crippen LogP contribution is 2.26. The second-order valence-corrected chi connectivity index (χ2v) is 4.78. The first-order valence-corrected chi connectivity index (χ1v) is 6.02. The highest BCUT2D eigenvalue weighted by molar-refractivity contribution is 5.38. The second-order valence-electron chi connectivity index (χ2n) is 4.78. The number of hydrogen-bond donors (Lipinski definition) is 0. The molecule has 1 aliphatic rings. The van der Waals surface area contributed by atoms with Gasteiger partial charge in [0.1, 0.15) is 11.9 Å². The van der Waals surface area contributed by atoms with Crippen molar-refractivity contribution in [1.82, 2.24) is 0 Å². The lowest BCUT2D eigenvalue weighted by Crippen LogP contribution is -2.16. The fourth-order valence-electron chi connectivity index (χ4n) is 1.89. The summed E-state index contributed by atoms with van der Waals surface area (Å²) in [5.41, 5.74) is 2.54. The van der Waals surface area contributed by atoms with E-state index in [0.29, 0.717) is 5.92 Å². The minimum absolute atomic E-state index is 0.237. The first-order chi connectivity index (χ1) is 7.66. The molecule has 0 amide bonds. The molecule has 1 unspecified atom stereocenters. The van der Waals surface area contributed by atoms with Gasteiger partial charge in [-0.2, -0.15) is 0 Å². The van der Waals surface area contributed by atoms with Crippen LogP contribution in [0.25, 0.3) is 0 Å². The average Bonchev–Trinajstić information content (AvgIpc) is 2.73. The summed E-state index contributed by atoms with van der Waals surface area (Å²) < 4.78 is 11.3. The van der Waals surface area contributed by atoms with E-state index in [0.717, 1.165) is 25.4 Å². The van der Waals surface area contributed by atoms with Crippen molar-refractivity contribution in [2.24, 2.45) is 0 Å². The molecule has 0 bridgehead atoms. The molecule has 0 saturated carbocycles. The smallest absolute Gasteiger partial charge is 0.124 e. The Bertz CT molecular complexity index is 352. The standard InChI is InChI=1S/C14H20O2/c1-10(2)12-5-4-11(3)14(8-12)16-13-6-7-15-9-13/h4-5,8,10,13H,6-7,9H2,1-3H3. The average molecular weight is 220 g/mol. The van der Waals surface area contributed by atoms with Gasteiger partial charge in [0, 0.05) is 6.42 Å². The van der Waals surface area contributed by atoms with Crippen LogP contribution < -0.4 is 4.74 Å². The maximum Gasteiger partial charge on any atom is 0.124 e.